The van der Waals surface area contributed by atoms with Gasteiger partial charge in [0.15, 0.2) is 0 Å². The van der Waals surface area contributed by atoms with Gasteiger partial charge in [0.25, 0.3) is 5.91 Å². The second kappa shape index (κ2) is 7.20. The van der Waals surface area contributed by atoms with Crippen molar-refractivity contribution in [3.63, 3.8) is 0 Å². The van der Waals surface area contributed by atoms with Crippen LogP contribution in [0.4, 0.5) is 0 Å². The lowest BCUT2D eigenvalue weighted by molar-refractivity contribution is -0.140. The van der Waals surface area contributed by atoms with Gasteiger partial charge in [0.1, 0.15) is 11.2 Å². The number of aliphatic carboxylic acids is 2. The summed E-state index contributed by atoms with van der Waals surface area (Å²) < 4.78 is 0.504. The van der Waals surface area contributed by atoms with Crippen LogP contribution in [0.5, 0.6) is 0 Å². The topological polar surface area (TPSA) is 117 Å². The standard InChI is InChI=1S/C11H10BrClN2O5/c12-5-3-6(9(13)14-4-5)10(18)15-7(11(19)20)1-2-8(16)17/h3-4,7H,1-2H2,(H,15,18)(H,16,17)(H,19,20)/t7-/m0/s1. The molecule has 108 valence electrons. The zero-order valence-corrected chi connectivity index (χ0v) is 12.3. The molecule has 3 N–H and O–H groups in total. The summed E-state index contributed by atoms with van der Waals surface area (Å²) in [5.74, 6) is -3.20. The summed E-state index contributed by atoms with van der Waals surface area (Å²) in [5.41, 5.74) is 0.00242. The van der Waals surface area contributed by atoms with Crippen molar-refractivity contribution < 1.29 is 24.6 Å². The molecule has 0 bridgehead atoms. The molecule has 0 radical (unpaired) electrons. The van der Waals surface area contributed by atoms with Crippen LogP contribution in [0.2, 0.25) is 5.15 Å². The summed E-state index contributed by atoms with van der Waals surface area (Å²) in [7, 11) is 0. The van der Waals surface area contributed by atoms with E-state index in [9.17, 15) is 14.4 Å². The Labute approximate surface area is 127 Å². The lowest BCUT2D eigenvalue weighted by Crippen LogP contribution is -2.41. The third kappa shape index (κ3) is 4.78. The highest BCUT2D eigenvalue weighted by molar-refractivity contribution is 9.10. The average Bonchev–Trinajstić information content (AvgIpc) is 2.36. The third-order valence-electron chi connectivity index (χ3n) is 2.30. The van der Waals surface area contributed by atoms with Crippen LogP contribution in [-0.2, 0) is 9.59 Å². The minimum atomic E-state index is -1.32. The fourth-order valence-corrected chi connectivity index (χ4v) is 1.86. The quantitative estimate of drug-likeness (QED) is 0.659. The monoisotopic (exact) mass is 364 g/mol. The summed E-state index contributed by atoms with van der Waals surface area (Å²) in [6.45, 7) is 0. The summed E-state index contributed by atoms with van der Waals surface area (Å²) in [4.78, 5) is 37.1. The zero-order chi connectivity index (χ0) is 15.3. The minimum Gasteiger partial charge on any atom is -0.481 e. The maximum Gasteiger partial charge on any atom is 0.326 e. The largest absolute Gasteiger partial charge is 0.481 e. The Balaban J connectivity index is 2.82. The van der Waals surface area contributed by atoms with Crippen LogP contribution >= 0.6 is 27.5 Å². The van der Waals surface area contributed by atoms with Gasteiger partial charge in [-0.3, -0.25) is 9.59 Å². The van der Waals surface area contributed by atoms with Crippen molar-refractivity contribution in [3.8, 4) is 0 Å². The number of amides is 1. The van der Waals surface area contributed by atoms with Crippen molar-refractivity contribution >= 4 is 45.4 Å². The van der Waals surface area contributed by atoms with Gasteiger partial charge >= 0.3 is 11.9 Å². The van der Waals surface area contributed by atoms with Crippen molar-refractivity contribution in [2.45, 2.75) is 18.9 Å². The van der Waals surface area contributed by atoms with Crippen LogP contribution in [0, 0.1) is 0 Å². The number of halogens is 2. The zero-order valence-electron chi connectivity index (χ0n) is 9.97. The number of carbonyl (C=O) groups is 3. The highest BCUT2D eigenvalue weighted by atomic mass is 79.9. The third-order valence-corrected chi connectivity index (χ3v) is 3.04. The van der Waals surface area contributed by atoms with Crippen LogP contribution in [0.15, 0.2) is 16.7 Å². The molecular formula is C11H10BrClN2O5. The minimum absolute atomic E-state index is 0.00242. The molecule has 0 saturated carbocycles. The van der Waals surface area contributed by atoms with Gasteiger partial charge in [0.2, 0.25) is 0 Å². The van der Waals surface area contributed by atoms with Gasteiger partial charge in [0, 0.05) is 17.1 Å². The first-order valence-electron chi connectivity index (χ1n) is 5.37. The van der Waals surface area contributed by atoms with Crippen molar-refractivity contribution in [2.75, 3.05) is 0 Å². The summed E-state index contributed by atoms with van der Waals surface area (Å²) in [5, 5.41) is 19.6. The molecule has 0 fully saturated rings. The van der Waals surface area contributed by atoms with Gasteiger partial charge in [-0.25, -0.2) is 9.78 Å². The van der Waals surface area contributed by atoms with E-state index < -0.39 is 23.9 Å². The number of pyridine rings is 1. The number of carboxylic acid groups (broad SMARTS) is 2. The number of nitrogens with zero attached hydrogens (tertiary/aromatic N) is 1. The normalized spacial score (nSPS) is 11.7. The van der Waals surface area contributed by atoms with E-state index in [1.165, 1.54) is 12.3 Å². The molecule has 1 atom stereocenters. The molecule has 0 aliphatic heterocycles. The highest BCUT2D eigenvalue weighted by Crippen LogP contribution is 2.18. The van der Waals surface area contributed by atoms with E-state index in [1.807, 2.05) is 0 Å². The molecule has 1 aromatic heterocycles. The molecule has 7 nitrogen and oxygen atoms in total. The predicted octanol–water partition coefficient (Wildman–Crippen LogP) is 1.55. The van der Waals surface area contributed by atoms with Gasteiger partial charge in [-0.2, -0.15) is 0 Å². The molecule has 1 amide bonds. The lowest BCUT2D eigenvalue weighted by Gasteiger charge is -2.14. The fraction of sp³-hybridized carbons (Fsp3) is 0.273. The molecule has 1 aromatic rings. The Hall–Kier alpha value is -1.67. The van der Waals surface area contributed by atoms with Crippen molar-refractivity contribution in [1.82, 2.24) is 10.3 Å². The van der Waals surface area contributed by atoms with Crippen LogP contribution < -0.4 is 5.32 Å². The van der Waals surface area contributed by atoms with Gasteiger partial charge < -0.3 is 15.5 Å². The maximum absolute atomic E-state index is 11.9. The second-order valence-electron chi connectivity index (χ2n) is 3.79. The highest BCUT2D eigenvalue weighted by Gasteiger charge is 2.23. The van der Waals surface area contributed by atoms with E-state index in [0.717, 1.165) is 0 Å². The Morgan fingerprint density at radius 3 is 2.60 bits per heavy atom. The van der Waals surface area contributed by atoms with E-state index in [1.54, 1.807) is 0 Å². The Kier molecular flexibility index (Phi) is 5.90. The average molecular weight is 366 g/mol. The lowest BCUT2D eigenvalue weighted by atomic mass is 10.1. The SMILES string of the molecule is O=C(O)CC[C@H](NC(=O)c1cc(Br)cnc1Cl)C(=O)O. The van der Waals surface area contributed by atoms with E-state index >= 15 is 0 Å². The summed E-state index contributed by atoms with van der Waals surface area (Å²) >= 11 is 8.86. The molecule has 9 heteroatoms. The first-order chi connectivity index (χ1) is 9.31. The van der Waals surface area contributed by atoms with Gasteiger partial charge in [-0.05, 0) is 28.4 Å². The van der Waals surface area contributed by atoms with E-state index in [2.05, 4.69) is 26.2 Å². The number of carboxylic acids is 2. The second-order valence-corrected chi connectivity index (χ2v) is 5.06. The molecule has 0 aliphatic rings. The van der Waals surface area contributed by atoms with Gasteiger partial charge in [-0.1, -0.05) is 11.6 Å². The molecule has 20 heavy (non-hydrogen) atoms. The van der Waals surface area contributed by atoms with Crippen LogP contribution in [0.25, 0.3) is 0 Å². The number of rotatable bonds is 6. The summed E-state index contributed by atoms with van der Waals surface area (Å²) in [6.07, 6.45) is 0.787. The van der Waals surface area contributed by atoms with Crippen LogP contribution in [0.3, 0.4) is 0 Å². The first-order valence-corrected chi connectivity index (χ1v) is 6.55. The van der Waals surface area contributed by atoms with Crippen molar-refractivity contribution in [3.05, 3.63) is 27.5 Å². The smallest absolute Gasteiger partial charge is 0.326 e. The molecule has 1 rings (SSSR count). The Morgan fingerprint density at radius 1 is 1.40 bits per heavy atom. The number of hydrogen-bond donors (Lipinski definition) is 3. The first kappa shape index (κ1) is 16.4. The van der Waals surface area contributed by atoms with E-state index in [4.69, 9.17) is 21.8 Å². The van der Waals surface area contributed by atoms with Crippen LogP contribution in [-0.4, -0.2) is 39.1 Å². The Morgan fingerprint density at radius 2 is 2.05 bits per heavy atom. The number of hydrogen-bond acceptors (Lipinski definition) is 4. The molecule has 0 spiro atoms. The molecule has 0 saturated heterocycles. The fourth-order valence-electron chi connectivity index (χ4n) is 1.34. The van der Waals surface area contributed by atoms with Gasteiger partial charge in [0.05, 0.1) is 5.56 Å². The number of aromatic nitrogens is 1. The molecule has 0 unspecified atom stereocenters. The van der Waals surface area contributed by atoms with Crippen LogP contribution in [0.1, 0.15) is 23.2 Å². The molecule has 0 aliphatic carbocycles. The van der Waals surface area contributed by atoms with Gasteiger partial charge in [-0.15, -0.1) is 0 Å². The number of nitrogens with one attached hydrogen (secondary N) is 1. The van der Waals surface area contributed by atoms with Crippen molar-refractivity contribution in [2.24, 2.45) is 0 Å². The van der Waals surface area contributed by atoms with Crippen molar-refractivity contribution in [1.29, 1.82) is 0 Å². The number of carbonyl (C=O) groups excluding carboxylic acids is 1. The van der Waals surface area contributed by atoms with E-state index in [-0.39, 0.29) is 23.6 Å². The molecule has 0 aromatic carbocycles. The maximum atomic E-state index is 11.9. The Bertz CT molecular complexity index is 552. The van der Waals surface area contributed by atoms with E-state index in [0.29, 0.717) is 4.47 Å². The summed E-state index contributed by atoms with van der Waals surface area (Å²) in [6, 6.07) is 0.0782. The molecular weight excluding hydrogens is 355 g/mol. The molecule has 1 heterocycles. The predicted molar refractivity (Wildman–Crippen MR) is 72.7 cm³/mol.